The number of alkyl halides is 2. The molecular formula is C15H12F2N4O2. The number of rotatable bonds is 6. The molecule has 0 radical (unpaired) electrons. The van der Waals surface area contributed by atoms with Crippen LogP contribution in [0.1, 0.15) is 5.69 Å². The molecule has 0 amide bonds. The molecule has 0 saturated carbocycles. The number of benzene rings is 1. The fourth-order valence-electron chi connectivity index (χ4n) is 1.85. The third kappa shape index (κ3) is 4.00. The van der Waals surface area contributed by atoms with E-state index in [-0.39, 0.29) is 5.75 Å². The molecule has 0 aliphatic carbocycles. The van der Waals surface area contributed by atoms with Gasteiger partial charge in [0.15, 0.2) is 0 Å². The van der Waals surface area contributed by atoms with Gasteiger partial charge in [-0.3, -0.25) is 4.98 Å². The summed E-state index contributed by atoms with van der Waals surface area (Å²) in [6.45, 7) is -2.54. The van der Waals surface area contributed by atoms with Crippen LogP contribution in [-0.4, -0.2) is 21.7 Å². The Labute approximate surface area is 130 Å². The van der Waals surface area contributed by atoms with Gasteiger partial charge in [0.05, 0.1) is 18.4 Å². The molecule has 0 aliphatic heterocycles. The zero-order chi connectivity index (χ0) is 16.1. The molecule has 0 atom stereocenters. The maximum atomic E-state index is 12.0. The molecule has 8 heteroatoms. The van der Waals surface area contributed by atoms with Crippen LogP contribution in [0.4, 0.5) is 14.7 Å². The highest BCUT2D eigenvalue weighted by Gasteiger charge is 2.08. The van der Waals surface area contributed by atoms with Gasteiger partial charge in [-0.2, -0.15) is 13.8 Å². The molecule has 1 aromatic carbocycles. The number of hydrogen-bond acceptors (Lipinski definition) is 6. The maximum Gasteiger partial charge on any atom is 0.387 e. The topological polar surface area (TPSA) is 73.1 Å². The molecular weight excluding hydrogens is 306 g/mol. The summed E-state index contributed by atoms with van der Waals surface area (Å²) in [7, 11) is 0. The third-order valence-electron chi connectivity index (χ3n) is 2.90. The first-order chi connectivity index (χ1) is 11.2. The van der Waals surface area contributed by atoms with Gasteiger partial charge in [0.1, 0.15) is 5.75 Å². The zero-order valence-corrected chi connectivity index (χ0v) is 11.8. The molecule has 3 aromatic rings. The molecule has 0 spiro atoms. The van der Waals surface area contributed by atoms with Crippen molar-refractivity contribution in [3.05, 3.63) is 54.4 Å². The Bertz CT molecular complexity index is 748. The second-order valence-electron chi connectivity index (χ2n) is 4.51. The standard InChI is InChI=1S/C15H12F2N4O2/c16-14(17)22-12-7-6-11(18-9-12)8-19-15-20-13(23-21-15)10-4-2-1-3-5-10/h1-7,9,14H,8H2,(H,19,21). The molecule has 23 heavy (non-hydrogen) atoms. The van der Waals surface area contributed by atoms with Crippen molar-refractivity contribution in [1.82, 2.24) is 15.1 Å². The second-order valence-corrected chi connectivity index (χ2v) is 4.51. The minimum atomic E-state index is -2.86. The smallest absolute Gasteiger partial charge is 0.387 e. The van der Waals surface area contributed by atoms with Gasteiger partial charge >= 0.3 is 6.61 Å². The summed E-state index contributed by atoms with van der Waals surface area (Å²) >= 11 is 0. The van der Waals surface area contributed by atoms with Crippen LogP contribution in [0.5, 0.6) is 5.75 Å². The first-order valence-electron chi connectivity index (χ1n) is 6.73. The Balaban J connectivity index is 1.59. The fourth-order valence-corrected chi connectivity index (χ4v) is 1.85. The first kappa shape index (κ1) is 14.9. The second kappa shape index (κ2) is 6.82. The average molecular weight is 318 g/mol. The van der Waals surface area contributed by atoms with Crippen molar-refractivity contribution in [3.8, 4) is 17.2 Å². The number of ether oxygens (including phenoxy) is 1. The molecule has 118 valence electrons. The van der Waals surface area contributed by atoms with E-state index in [0.29, 0.717) is 24.1 Å². The predicted molar refractivity (Wildman–Crippen MR) is 77.9 cm³/mol. The number of hydrogen-bond donors (Lipinski definition) is 1. The van der Waals surface area contributed by atoms with Crippen molar-refractivity contribution in [2.24, 2.45) is 0 Å². The van der Waals surface area contributed by atoms with Gasteiger partial charge in [-0.25, -0.2) is 0 Å². The third-order valence-corrected chi connectivity index (χ3v) is 2.90. The van der Waals surface area contributed by atoms with E-state index in [1.165, 1.54) is 12.3 Å². The summed E-state index contributed by atoms with van der Waals surface area (Å²) in [5.74, 6) is 0.731. The molecule has 0 aliphatic rings. The minimum absolute atomic E-state index is 0.00896. The zero-order valence-electron chi connectivity index (χ0n) is 11.8. The summed E-state index contributed by atoms with van der Waals surface area (Å²) in [6, 6.07) is 12.4. The fraction of sp³-hybridized carbons (Fsp3) is 0.133. The van der Waals surface area contributed by atoms with Crippen LogP contribution in [-0.2, 0) is 6.54 Å². The molecule has 0 fully saturated rings. The van der Waals surface area contributed by atoms with Crippen molar-refractivity contribution < 1.29 is 18.0 Å². The first-order valence-corrected chi connectivity index (χ1v) is 6.73. The van der Waals surface area contributed by atoms with Gasteiger partial charge < -0.3 is 14.6 Å². The normalized spacial score (nSPS) is 10.7. The molecule has 0 unspecified atom stereocenters. The Morgan fingerprint density at radius 1 is 1.13 bits per heavy atom. The highest BCUT2D eigenvalue weighted by molar-refractivity contribution is 5.53. The summed E-state index contributed by atoms with van der Waals surface area (Å²) < 4.78 is 33.5. The molecule has 2 aromatic heterocycles. The summed E-state index contributed by atoms with van der Waals surface area (Å²) in [6.07, 6.45) is 1.23. The summed E-state index contributed by atoms with van der Waals surface area (Å²) in [5, 5.41) is 6.76. The molecule has 3 rings (SSSR count). The van der Waals surface area contributed by atoms with Crippen molar-refractivity contribution in [1.29, 1.82) is 0 Å². The van der Waals surface area contributed by atoms with E-state index in [2.05, 4.69) is 25.2 Å². The van der Waals surface area contributed by atoms with Gasteiger partial charge in [0, 0.05) is 5.56 Å². The maximum absolute atomic E-state index is 12.0. The van der Waals surface area contributed by atoms with Gasteiger partial charge in [-0.15, -0.1) is 0 Å². The number of aromatic nitrogens is 3. The Kier molecular flexibility index (Phi) is 4.41. The molecule has 2 heterocycles. The van der Waals surface area contributed by atoms with Crippen molar-refractivity contribution in [2.45, 2.75) is 13.2 Å². The predicted octanol–water partition coefficient (Wildman–Crippen LogP) is 3.35. The van der Waals surface area contributed by atoms with Crippen LogP contribution in [0, 0.1) is 0 Å². The number of pyridine rings is 1. The Morgan fingerprint density at radius 3 is 2.65 bits per heavy atom. The molecule has 6 nitrogen and oxygen atoms in total. The van der Waals surface area contributed by atoms with E-state index in [0.717, 1.165) is 5.56 Å². The van der Waals surface area contributed by atoms with Crippen molar-refractivity contribution in [2.75, 3.05) is 5.32 Å². The van der Waals surface area contributed by atoms with E-state index in [1.54, 1.807) is 6.07 Å². The van der Waals surface area contributed by atoms with E-state index in [4.69, 9.17) is 4.52 Å². The van der Waals surface area contributed by atoms with Crippen LogP contribution in [0.2, 0.25) is 0 Å². The van der Waals surface area contributed by atoms with Crippen LogP contribution in [0.25, 0.3) is 11.5 Å². The minimum Gasteiger partial charge on any atom is -0.433 e. The lowest BCUT2D eigenvalue weighted by Crippen LogP contribution is -2.05. The Morgan fingerprint density at radius 2 is 1.96 bits per heavy atom. The average Bonchev–Trinajstić information content (AvgIpc) is 3.04. The van der Waals surface area contributed by atoms with Crippen molar-refractivity contribution >= 4 is 5.95 Å². The number of nitrogens with zero attached hydrogens (tertiary/aromatic N) is 3. The van der Waals surface area contributed by atoms with Gasteiger partial charge in [0.2, 0.25) is 0 Å². The number of anilines is 1. The quantitative estimate of drug-likeness (QED) is 0.751. The lowest BCUT2D eigenvalue weighted by atomic mass is 10.2. The van der Waals surface area contributed by atoms with E-state index >= 15 is 0 Å². The van der Waals surface area contributed by atoms with Crippen LogP contribution < -0.4 is 10.1 Å². The highest BCUT2D eigenvalue weighted by Crippen LogP contribution is 2.18. The molecule has 0 bridgehead atoms. The number of halogens is 2. The largest absolute Gasteiger partial charge is 0.433 e. The van der Waals surface area contributed by atoms with Crippen molar-refractivity contribution in [3.63, 3.8) is 0 Å². The summed E-state index contributed by atoms with van der Waals surface area (Å²) in [5.41, 5.74) is 1.44. The SMILES string of the molecule is FC(F)Oc1ccc(CNc2noc(-c3ccccc3)n2)nc1. The van der Waals surface area contributed by atoms with E-state index < -0.39 is 6.61 Å². The van der Waals surface area contributed by atoms with Crippen LogP contribution in [0.3, 0.4) is 0 Å². The Hall–Kier alpha value is -3.03. The summed E-state index contributed by atoms with van der Waals surface area (Å²) in [4.78, 5) is 8.22. The number of nitrogens with one attached hydrogen (secondary N) is 1. The van der Waals surface area contributed by atoms with Crippen LogP contribution >= 0.6 is 0 Å². The van der Waals surface area contributed by atoms with E-state index in [1.807, 2.05) is 30.3 Å². The van der Waals surface area contributed by atoms with E-state index in [9.17, 15) is 8.78 Å². The lowest BCUT2D eigenvalue weighted by Gasteiger charge is -2.05. The molecule has 1 N–H and O–H groups in total. The highest BCUT2D eigenvalue weighted by atomic mass is 19.3. The molecule has 0 saturated heterocycles. The van der Waals surface area contributed by atoms with Gasteiger partial charge in [-0.05, 0) is 29.4 Å². The van der Waals surface area contributed by atoms with Gasteiger partial charge in [-0.1, -0.05) is 18.2 Å². The van der Waals surface area contributed by atoms with Crippen LogP contribution in [0.15, 0.2) is 53.2 Å². The van der Waals surface area contributed by atoms with Gasteiger partial charge in [0.25, 0.3) is 11.8 Å². The lowest BCUT2D eigenvalue weighted by molar-refractivity contribution is -0.0500. The monoisotopic (exact) mass is 318 g/mol.